The van der Waals surface area contributed by atoms with Crippen molar-refractivity contribution in [3.05, 3.63) is 87.2 Å². The highest BCUT2D eigenvalue weighted by Gasteiger charge is 2.67. The van der Waals surface area contributed by atoms with Gasteiger partial charge in [0.15, 0.2) is 0 Å². The van der Waals surface area contributed by atoms with Gasteiger partial charge in [-0.3, -0.25) is 34.2 Å². The summed E-state index contributed by atoms with van der Waals surface area (Å²) in [6, 6.07) is 15.1. The van der Waals surface area contributed by atoms with Crippen LogP contribution in [0.1, 0.15) is 101 Å². The summed E-state index contributed by atoms with van der Waals surface area (Å²) >= 11 is 6.28. The van der Waals surface area contributed by atoms with Gasteiger partial charge in [-0.15, -0.1) is 0 Å². The van der Waals surface area contributed by atoms with Crippen LogP contribution >= 0.6 is 11.6 Å². The summed E-state index contributed by atoms with van der Waals surface area (Å²) in [7, 11) is 0. The summed E-state index contributed by atoms with van der Waals surface area (Å²) < 4.78 is 6.46. The molecule has 5 aliphatic heterocycles. The normalized spacial score (nSPS) is 24.8. The summed E-state index contributed by atoms with van der Waals surface area (Å²) in [5.41, 5.74) is 3.18. The summed E-state index contributed by atoms with van der Waals surface area (Å²) in [6.07, 6.45) is 2.03. The number of nitrogens with zero attached hydrogens (tertiary/aromatic N) is 6. The molecule has 2 aromatic carbocycles. The van der Waals surface area contributed by atoms with E-state index in [1.165, 1.54) is 0 Å². The van der Waals surface area contributed by atoms with E-state index in [2.05, 4.69) is 60.7 Å². The number of fused-ring (bicyclic) bond motifs is 2. The number of imide groups is 2. The van der Waals surface area contributed by atoms with Crippen LogP contribution in [0, 0.1) is 45.8 Å². The van der Waals surface area contributed by atoms with E-state index in [0.717, 1.165) is 61.8 Å². The first-order valence-corrected chi connectivity index (χ1v) is 21.0. The Morgan fingerprint density at radius 1 is 0.883 bits per heavy atom. The van der Waals surface area contributed by atoms with Crippen molar-refractivity contribution in [2.75, 3.05) is 37.6 Å². The number of carbonyl (C=O) groups is 5. The number of carbonyl (C=O) groups excluding carboxylic acids is 5. The lowest BCUT2D eigenvalue weighted by atomic mass is 9.49. The van der Waals surface area contributed by atoms with Crippen LogP contribution < -0.4 is 15.0 Å². The zero-order valence-corrected chi connectivity index (χ0v) is 34.8. The molecule has 9 rings (SSSR count). The summed E-state index contributed by atoms with van der Waals surface area (Å²) in [5, 5.41) is 11.8. The van der Waals surface area contributed by atoms with Crippen LogP contribution in [-0.2, 0) is 16.1 Å². The number of nitrogens with one attached hydrogen (secondary N) is 1. The molecule has 308 valence electrons. The maximum absolute atomic E-state index is 13.8. The van der Waals surface area contributed by atoms with Crippen molar-refractivity contribution in [1.82, 2.24) is 25.0 Å². The zero-order chi connectivity index (χ0) is 42.2. The molecule has 0 spiro atoms. The van der Waals surface area contributed by atoms with Crippen LogP contribution in [0.2, 0.25) is 5.02 Å². The minimum atomic E-state index is -0.977. The van der Waals surface area contributed by atoms with Gasteiger partial charge in [-0.25, -0.2) is 4.98 Å². The second kappa shape index (κ2) is 14.8. The second-order valence-electron chi connectivity index (χ2n) is 18.2. The molecule has 60 heavy (non-hydrogen) atoms. The minimum Gasteiger partial charge on any atom is -0.489 e. The largest absolute Gasteiger partial charge is 0.489 e. The van der Waals surface area contributed by atoms with Gasteiger partial charge in [0, 0.05) is 73.7 Å². The number of anilines is 1. The molecular weight excluding hydrogens is 782 g/mol. The van der Waals surface area contributed by atoms with Crippen LogP contribution in [0.15, 0.2) is 48.5 Å². The molecule has 6 aliphatic rings. The van der Waals surface area contributed by atoms with E-state index >= 15 is 0 Å². The minimum absolute atomic E-state index is 0.0271. The van der Waals surface area contributed by atoms with Gasteiger partial charge in [0.05, 0.1) is 39.5 Å². The van der Waals surface area contributed by atoms with Crippen molar-refractivity contribution in [1.29, 1.82) is 5.26 Å². The number of halogens is 1. The Kier molecular flexibility index (Phi) is 9.76. The number of rotatable bonds is 7. The molecule has 14 heteroatoms. The molecule has 1 aliphatic carbocycles. The van der Waals surface area contributed by atoms with Crippen LogP contribution in [0.4, 0.5) is 5.69 Å². The van der Waals surface area contributed by atoms with E-state index in [4.69, 9.17) is 21.3 Å². The van der Waals surface area contributed by atoms with Crippen molar-refractivity contribution in [2.24, 2.45) is 22.7 Å². The van der Waals surface area contributed by atoms with E-state index in [9.17, 15) is 29.2 Å². The van der Waals surface area contributed by atoms with E-state index in [1.807, 2.05) is 23.1 Å². The monoisotopic (exact) mass is 827 g/mol. The maximum atomic E-state index is 13.8. The summed E-state index contributed by atoms with van der Waals surface area (Å²) in [6.45, 7) is 13.4. The Labute approximate surface area is 354 Å². The SMILES string of the molecule is CC1(C)[C@H](Oc2ccc(C#N)c(Cl)c2)C(C)(C)[C@H]1N1Cc2nc(C#CC3CN(CC4CCN(c5ccc6c(c5)C(=O)N(C5CCC(=O)NC5=O)C6=O)CC4)C3)ccc2C1=O. The highest BCUT2D eigenvalue weighted by Crippen LogP contribution is 2.59. The molecule has 0 radical (unpaired) electrons. The predicted molar refractivity (Wildman–Crippen MR) is 221 cm³/mol. The fourth-order valence-electron chi connectivity index (χ4n) is 10.9. The van der Waals surface area contributed by atoms with Crippen LogP contribution in [0.25, 0.3) is 0 Å². The quantitative estimate of drug-likeness (QED) is 0.253. The lowest BCUT2D eigenvalue weighted by molar-refractivity contribution is -0.199. The third-order valence-electron chi connectivity index (χ3n) is 13.5. The van der Waals surface area contributed by atoms with E-state index < -0.39 is 29.7 Å². The first kappa shape index (κ1) is 39.7. The van der Waals surface area contributed by atoms with Gasteiger partial charge in [-0.05, 0) is 73.6 Å². The van der Waals surface area contributed by atoms with Gasteiger partial charge in [0.25, 0.3) is 17.7 Å². The molecule has 3 saturated heterocycles. The Morgan fingerprint density at radius 3 is 2.30 bits per heavy atom. The summed E-state index contributed by atoms with van der Waals surface area (Å²) in [5.74, 6) is 6.07. The summed E-state index contributed by atoms with van der Waals surface area (Å²) in [4.78, 5) is 76.7. The Morgan fingerprint density at radius 2 is 1.60 bits per heavy atom. The third-order valence-corrected chi connectivity index (χ3v) is 13.8. The Bertz CT molecular complexity index is 2450. The fourth-order valence-corrected chi connectivity index (χ4v) is 11.1. The van der Waals surface area contributed by atoms with Crippen molar-refractivity contribution < 1.29 is 28.7 Å². The molecular formula is C46H46ClN7O6. The first-order valence-electron chi connectivity index (χ1n) is 20.7. The number of piperidine rings is 2. The molecule has 1 unspecified atom stereocenters. The highest BCUT2D eigenvalue weighted by atomic mass is 35.5. The molecule has 1 saturated carbocycles. The van der Waals surface area contributed by atoms with Gasteiger partial charge in [-0.1, -0.05) is 45.2 Å². The van der Waals surface area contributed by atoms with Crippen LogP contribution in [0.3, 0.4) is 0 Å². The van der Waals surface area contributed by atoms with Gasteiger partial charge in [0.1, 0.15) is 29.7 Å². The zero-order valence-electron chi connectivity index (χ0n) is 34.1. The highest BCUT2D eigenvalue weighted by molar-refractivity contribution is 6.31. The number of pyridine rings is 1. The number of hydrogen-bond donors (Lipinski definition) is 1. The number of nitriles is 1. The molecule has 3 aromatic rings. The average Bonchev–Trinajstić information content (AvgIpc) is 3.64. The Hall–Kier alpha value is -5.76. The average molecular weight is 828 g/mol. The topological polar surface area (TPSA) is 156 Å². The molecule has 1 N–H and O–H groups in total. The van der Waals surface area contributed by atoms with E-state index in [1.54, 1.807) is 30.3 Å². The predicted octanol–water partition coefficient (Wildman–Crippen LogP) is 5.05. The second-order valence-corrected chi connectivity index (χ2v) is 18.6. The van der Waals surface area contributed by atoms with Crippen LogP contribution in [0.5, 0.6) is 5.75 Å². The van der Waals surface area contributed by atoms with Crippen molar-refractivity contribution in [2.45, 2.75) is 78.1 Å². The van der Waals surface area contributed by atoms with Crippen molar-refractivity contribution in [3.63, 3.8) is 0 Å². The Balaban J connectivity index is 0.754. The van der Waals surface area contributed by atoms with Gasteiger partial charge in [0.2, 0.25) is 11.8 Å². The number of ether oxygens (including phenoxy) is 1. The molecule has 4 fully saturated rings. The standard InChI is InChI=1S/C46H46ClN7O6/c1-45(2)43(46(3,4)44(45)60-31-10-6-28(21-48)35(47)20-31)53-25-36-33(40(53)57)11-8-29(49-36)7-5-27-23-51(24-27)22-26-15-17-52(18-16-26)30-9-12-32-34(19-30)42(59)54(41(32)58)37-13-14-38(55)50-39(37)56/h6,8-12,19-20,26-27,37,43-44H,13-18,22-25H2,1-4H3,(H,50,55,56)/t37?,43-,44-. The number of aromatic nitrogens is 1. The number of hydrogen-bond acceptors (Lipinski definition) is 10. The molecule has 1 atom stereocenters. The van der Waals surface area contributed by atoms with Crippen LogP contribution in [-0.4, -0.2) is 100 Å². The van der Waals surface area contributed by atoms with Gasteiger partial charge in [-0.2, -0.15) is 5.26 Å². The lowest BCUT2D eigenvalue weighted by Crippen LogP contribution is -2.74. The molecule has 0 bridgehead atoms. The maximum Gasteiger partial charge on any atom is 0.262 e. The fraction of sp³-hybridized carbons (Fsp3) is 0.457. The number of likely N-dealkylation sites (tertiary alicyclic amines) is 1. The molecule has 1 aromatic heterocycles. The van der Waals surface area contributed by atoms with Gasteiger partial charge >= 0.3 is 0 Å². The number of benzene rings is 2. The van der Waals surface area contributed by atoms with Crippen molar-refractivity contribution in [3.8, 4) is 23.7 Å². The molecule has 13 nitrogen and oxygen atoms in total. The van der Waals surface area contributed by atoms with Crippen molar-refractivity contribution >= 4 is 46.8 Å². The van der Waals surface area contributed by atoms with Gasteiger partial charge < -0.3 is 19.4 Å². The lowest BCUT2D eigenvalue weighted by Gasteiger charge is -2.65. The van der Waals surface area contributed by atoms with E-state index in [-0.39, 0.29) is 47.6 Å². The first-order chi connectivity index (χ1) is 28.6. The smallest absolute Gasteiger partial charge is 0.262 e. The number of amides is 5. The molecule has 5 amide bonds. The molecule has 6 heterocycles. The van der Waals surface area contributed by atoms with E-state index in [0.29, 0.717) is 51.2 Å². The third kappa shape index (κ3) is 6.68.